The summed E-state index contributed by atoms with van der Waals surface area (Å²) < 4.78 is 1.92. The molecule has 146 valence electrons. The minimum Gasteiger partial charge on any atom is -0.392 e. The van der Waals surface area contributed by atoms with Crippen LogP contribution in [-0.2, 0) is 13.1 Å². The summed E-state index contributed by atoms with van der Waals surface area (Å²) in [7, 11) is 0. The van der Waals surface area contributed by atoms with Gasteiger partial charge in [0.05, 0.1) is 11.8 Å². The first-order chi connectivity index (χ1) is 13.7. The van der Waals surface area contributed by atoms with Crippen LogP contribution in [0.3, 0.4) is 0 Å². The number of nitrogens with zero attached hydrogens (tertiary/aromatic N) is 3. The van der Waals surface area contributed by atoms with Crippen molar-refractivity contribution in [3.63, 3.8) is 0 Å². The zero-order valence-electron chi connectivity index (χ0n) is 16.3. The third-order valence-electron chi connectivity index (χ3n) is 5.51. The van der Waals surface area contributed by atoms with Gasteiger partial charge >= 0.3 is 0 Å². The molecule has 2 aromatic carbocycles. The van der Waals surface area contributed by atoms with Crippen LogP contribution in [-0.4, -0.2) is 39.0 Å². The second-order valence-electron chi connectivity index (χ2n) is 7.56. The van der Waals surface area contributed by atoms with E-state index >= 15 is 0 Å². The van der Waals surface area contributed by atoms with Gasteiger partial charge in [0.25, 0.3) is 0 Å². The van der Waals surface area contributed by atoms with E-state index in [1.54, 1.807) is 6.20 Å². The summed E-state index contributed by atoms with van der Waals surface area (Å²) in [5.41, 5.74) is 4.97. The molecule has 0 spiro atoms. The van der Waals surface area contributed by atoms with Crippen molar-refractivity contribution in [2.45, 2.75) is 38.6 Å². The average Bonchev–Trinajstić information content (AvgIpc) is 3.39. The number of nitrogens with one attached hydrogen (secondary N) is 1. The molecule has 0 bridgehead atoms. The first kappa shape index (κ1) is 18.9. The number of likely N-dealkylation sites (tertiary alicyclic amines) is 1. The predicted octanol–water partition coefficient (Wildman–Crippen LogP) is 3.29. The number of β-amino-alcohol motifs (C(OH)–C–C–N with tert-alkyl or cyclic N) is 1. The van der Waals surface area contributed by atoms with E-state index in [0.717, 1.165) is 38.3 Å². The van der Waals surface area contributed by atoms with Crippen molar-refractivity contribution >= 4 is 0 Å². The molecule has 28 heavy (non-hydrogen) atoms. The maximum atomic E-state index is 9.79. The Morgan fingerprint density at radius 2 is 1.89 bits per heavy atom. The minimum absolute atomic E-state index is 0.177. The first-order valence-corrected chi connectivity index (χ1v) is 10.0. The molecule has 2 N–H and O–H groups in total. The molecule has 2 unspecified atom stereocenters. The molecule has 2 atom stereocenters. The molecule has 5 heteroatoms. The standard InChI is InChI=1S/C23H28N4O/c1-18(22-9-4-5-10-23(22)27-13-6-12-25-27)24-15-19-7-2-3-8-20(19)16-26-14-11-21(28)17-26/h2-10,12-13,18,21,24,28H,11,14-17H2,1H3. The number of aliphatic hydroxyl groups excluding tert-OH is 1. The van der Waals surface area contributed by atoms with Crippen LogP contribution in [0.25, 0.3) is 5.69 Å². The van der Waals surface area contributed by atoms with E-state index in [1.807, 2.05) is 23.0 Å². The van der Waals surface area contributed by atoms with Crippen molar-refractivity contribution < 1.29 is 5.11 Å². The molecule has 4 rings (SSSR count). The van der Waals surface area contributed by atoms with E-state index in [4.69, 9.17) is 0 Å². The van der Waals surface area contributed by atoms with Crippen molar-refractivity contribution in [3.8, 4) is 5.69 Å². The number of aromatic nitrogens is 2. The van der Waals surface area contributed by atoms with E-state index in [1.165, 1.54) is 16.7 Å². The second-order valence-corrected chi connectivity index (χ2v) is 7.56. The molecular formula is C23H28N4O. The van der Waals surface area contributed by atoms with Gasteiger partial charge in [-0.3, -0.25) is 4.90 Å². The maximum absolute atomic E-state index is 9.79. The Balaban J connectivity index is 1.45. The Kier molecular flexibility index (Phi) is 5.86. The van der Waals surface area contributed by atoms with Crippen molar-refractivity contribution in [2.75, 3.05) is 13.1 Å². The third kappa shape index (κ3) is 4.33. The van der Waals surface area contributed by atoms with Crippen LogP contribution < -0.4 is 5.32 Å². The Morgan fingerprint density at radius 1 is 1.11 bits per heavy atom. The van der Waals surface area contributed by atoms with Gasteiger partial charge in [0, 0.05) is 44.6 Å². The van der Waals surface area contributed by atoms with Crippen molar-refractivity contribution in [1.82, 2.24) is 20.0 Å². The first-order valence-electron chi connectivity index (χ1n) is 10.0. The van der Waals surface area contributed by atoms with Gasteiger partial charge in [-0.25, -0.2) is 4.68 Å². The number of para-hydroxylation sites is 1. The zero-order valence-corrected chi connectivity index (χ0v) is 16.3. The molecule has 3 aromatic rings. The van der Waals surface area contributed by atoms with Gasteiger partial charge in [-0.1, -0.05) is 42.5 Å². The van der Waals surface area contributed by atoms with Gasteiger partial charge in [0.15, 0.2) is 0 Å². The summed E-state index contributed by atoms with van der Waals surface area (Å²) in [5, 5.41) is 17.9. The highest BCUT2D eigenvalue weighted by molar-refractivity contribution is 5.42. The number of benzene rings is 2. The number of hydrogen-bond acceptors (Lipinski definition) is 4. The molecule has 0 aliphatic carbocycles. The van der Waals surface area contributed by atoms with Gasteiger partial charge in [0.2, 0.25) is 0 Å². The van der Waals surface area contributed by atoms with Gasteiger partial charge in [-0.15, -0.1) is 0 Å². The SMILES string of the molecule is CC(NCc1ccccc1CN1CCC(O)C1)c1ccccc1-n1cccn1. The molecule has 1 aromatic heterocycles. The lowest BCUT2D eigenvalue weighted by Crippen LogP contribution is -2.24. The van der Waals surface area contributed by atoms with E-state index < -0.39 is 0 Å². The Bertz CT molecular complexity index is 893. The smallest absolute Gasteiger partial charge is 0.0693 e. The maximum Gasteiger partial charge on any atom is 0.0693 e. The highest BCUT2D eigenvalue weighted by Crippen LogP contribution is 2.22. The normalized spacial score (nSPS) is 18.4. The monoisotopic (exact) mass is 376 g/mol. The summed E-state index contributed by atoms with van der Waals surface area (Å²) in [6.45, 7) is 5.64. The van der Waals surface area contributed by atoms with Crippen LogP contribution in [0.5, 0.6) is 0 Å². The van der Waals surface area contributed by atoms with Crippen LogP contribution in [0.4, 0.5) is 0 Å². The summed E-state index contributed by atoms with van der Waals surface area (Å²) in [4.78, 5) is 2.33. The summed E-state index contributed by atoms with van der Waals surface area (Å²) in [6, 6.07) is 19.1. The van der Waals surface area contributed by atoms with Gasteiger partial charge in [0.1, 0.15) is 0 Å². The Hall–Kier alpha value is -2.47. The van der Waals surface area contributed by atoms with Crippen LogP contribution >= 0.6 is 0 Å². The van der Waals surface area contributed by atoms with E-state index in [0.29, 0.717) is 0 Å². The molecule has 1 fully saturated rings. The summed E-state index contributed by atoms with van der Waals surface area (Å²) in [6.07, 6.45) is 4.48. The minimum atomic E-state index is -0.177. The van der Waals surface area contributed by atoms with Gasteiger partial charge in [-0.2, -0.15) is 5.10 Å². The predicted molar refractivity (Wildman–Crippen MR) is 111 cm³/mol. The van der Waals surface area contributed by atoms with Crippen LogP contribution in [0.2, 0.25) is 0 Å². The molecule has 1 aliphatic rings. The average molecular weight is 377 g/mol. The molecule has 0 amide bonds. The van der Waals surface area contributed by atoms with Crippen LogP contribution in [0.15, 0.2) is 67.0 Å². The Labute approximate surface area is 166 Å². The lowest BCUT2D eigenvalue weighted by atomic mass is 10.0. The van der Waals surface area contributed by atoms with Crippen LogP contribution in [0.1, 0.15) is 36.1 Å². The fourth-order valence-corrected chi connectivity index (χ4v) is 3.93. The van der Waals surface area contributed by atoms with Crippen molar-refractivity contribution in [2.24, 2.45) is 0 Å². The molecule has 5 nitrogen and oxygen atoms in total. The lowest BCUT2D eigenvalue weighted by Gasteiger charge is -2.21. The molecule has 0 radical (unpaired) electrons. The fraction of sp³-hybridized carbons (Fsp3) is 0.348. The second kappa shape index (κ2) is 8.69. The quantitative estimate of drug-likeness (QED) is 0.664. The highest BCUT2D eigenvalue weighted by atomic mass is 16.3. The molecule has 1 saturated heterocycles. The van der Waals surface area contributed by atoms with E-state index in [-0.39, 0.29) is 12.1 Å². The number of rotatable bonds is 7. The van der Waals surface area contributed by atoms with E-state index in [2.05, 4.69) is 64.7 Å². The Morgan fingerprint density at radius 3 is 2.64 bits per heavy atom. The zero-order chi connectivity index (χ0) is 19.3. The highest BCUT2D eigenvalue weighted by Gasteiger charge is 2.21. The summed E-state index contributed by atoms with van der Waals surface area (Å²) in [5.74, 6) is 0. The number of aliphatic hydroxyl groups is 1. The lowest BCUT2D eigenvalue weighted by molar-refractivity contribution is 0.174. The van der Waals surface area contributed by atoms with Crippen molar-refractivity contribution in [1.29, 1.82) is 0 Å². The molecule has 1 aliphatic heterocycles. The molecule has 2 heterocycles. The fourth-order valence-electron chi connectivity index (χ4n) is 3.93. The van der Waals surface area contributed by atoms with E-state index in [9.17, 15) is 5.11 Å². The van der Waals surface area contributed by atoms with Gasteiger partial charge in [-0.05, 0) is 42.2 Å². The third-order valence-corrected chi connectivity index (χ3v) is 5.51. The van der Waals surface area contributed by atoms with Crippen LogP contribution in [0, 0.1) is 0 Å². The van der Waals surface area contributed by atoms with Gasteiger partial charge < -0.3 is 10.4 Å². The van der Waals surface area contributed by atoms with Crippen molar-refractivity contribution in [3.05, 3.63) is 83.7 Å². The topological polar surface area (TPSA) is 53.3 Å². The molecule has 0 saturated carbocycles. The summed E-state index contributed by atoms with van der Waals surface area (Å²) >= 11 is 0. The largest absolute Gasteiger partial charge is 0.392 e. The molecular weight excluding hydrogens is 348 g/mol. The number of hydrogen-bond donors (Lipinski definition) is 2.